The van der Waals surface area contributed by atoms with Gasteiger partial charge in [-0.15, -0.1) is 0 Å². The van der Waals surface area contributed by atoms with E-state index in [1.54, 1.807) is 18.2 Å². The fourth-order valence-corrected chi connectivity index (χ4v) is 2.96. The molecule has 2 aromatic rings. The van der Waals surface area contributed by atoms with Crippen molar-refractivity contribution >= 4 is 17.7 Å². The van der Waals surface area contributed by atoms with Crippen LogP contribution in [-0.4, -0.2) is 30.1 Å². The molecule has 1 aromatic heterocycles. The van der Waals surface area contributed by atoms with Gasteiger partial charge in [0, 0.05) is 36.9 Å². The Kier molecular flexibility index (Phi) is 5.87. The molecule has 0 unspecified atom stereocenters. The zero-order valence-corrected chi connectivity index (χ0v) is 15.3. The number of hydrogen-bond donors (Lipinski definition) is 1. The number of carbonyl (C=O) groups is 1. The van der Waals surface area contributed by atoms with Crippen LogP contribution in [0.15, 0.2) is 40.3 Å². The molecule has 1 aliphatic heterocycles. The van der Waals surface area contributed by atoms with Crippen LogP contribution in [0.2, 0.25) is 0 Å². The normalized spacial score (nSPS) is 16.6. The highest BCUT2D eigenvalue weighted by Gasteiger charge is 2.18. The third-order valence-corrected chi connectivity index (χ3v) is 4.49. The predicted octanol–water partition coefficient (Wildman–Crippen LogP) is 3.37. The molecule has 3 rings (SSSR count). The Morgan fingerprint density at radius 3 is 2.93 bits per heavy atom. The zero-order valence-electron chi connectivity index (χ0n) is 15.3. The molecule has 0 saturated carbocycles. The molecule has 8 heteroatoms. The summed E-state index contributed by atoms with van der Waals surface area (Å²) >= 11 is 0. The van der Waals surface area contributed by atoms with E-state index in [4.69, 9.17) is 9.15 Å². The molecular weight excluding hydrogens is 362 g/mol. The van der Waals surface area contributed by atoms with E-state index < -0.39 is 10.8 Å². The topological polar surface area (TPSA) is 118 Å². The molecule has 1 aromatic carbocycles. The summed E-state index contributed by atoms with van der Waals surface area (Å²) in [6.07, 6.45) is 3.18. The number of hydrogen-bond acceptors (Lipinski definition) is 6. The van der Waals surface area contributed by atoms with Crippen LogP contribution in [0.4, 0.5) is 5.69 Å². The molecule has 1 saturated heterocycles. The largest absolute Gasteiger partial charge is 0.457 e. The summed E-state index contributed by atoms with van der Waals surface area (Å²) in [5.41, 5.74) is 1.26. The first-order valence-corrected chi connectivity index (χ1v) is 8.85. The third-order valence-electron chi connectivity index (χ3n) is 4.49. The molecule has 0 radical (unpaired) electrons. The summed E-state index contributed by atoms with van der Waals surface area (Å²) < 4.78 is 11.1. The average molecular weight is 381 g/mol. The van der Waals surface area contributed by atoms with Gasteiger partial charge in [0.25, 0.3) is 11.6 Å². The molecule has 1 N–H and O–H groups in total. The van der Waals surface area contributed by atoms with E-state index in [0.29, 0.717) is 30.2 Å². The van der Waals surface area contributed by atoms with Crippen LogP contribution >= 0.6 is 0 Å². The molecular formula is C20H19N3O5. The molecule has 0 bridgehead atoms. The standard InChI is InChI=1S/C20H19N3O5/c1-13-4-5-15(23(25)26)10-18(13)19-7-6-16(28-19)9-14(11-21)20(24)22-12-17-3-2-8-27-17/h4-7,9-10,17H,2-3,8,12H2,1H3,(H,22,24)/b14-9+/t17-/m0/s1. The number of rotatable bonds is 6. The van der Waals surface area contributed by atoms with Gasteiger partial charge in [0.1, 0.15) is 23.2 Å². The smallest absolute Gasteiger partial charge is 0.270 e. The van der Waals surface area contributed by atoms with Gasteiger partial charge in [-0.1, -0.05) is 6.07 Å². The summed E-state index contributed by atoms with van der Waals surface area (Å²) in [7, 11) is 0. The minimum absolute atomic E-state index is 0.0176. The van der Waals surface area contributed by atoms with Crippen LogP contribution in [0.3, 0.4) is 0 Å². The van der Waals surface area contributed by atoms with E-state index in [2.05, 4.69) is 5.32 Å². The number of aryl methyl sites for hydroxylation is 1. The number of furan rings is 1. The molecule has 2 heterocycles. The Labute approximate surface area is 161 Å². The van der Waals surface area contributed by atoms with Gasteiger partial charge in [0.15, 0.2) is 0 Å². The molecule has 0 aliphatic carbocycles. The molecule has 8 nitrogen and oxygen atoms in total. The van der Waals surface area contributed by atoms with Gasteiger partial charge in [-0.05, 0) is 37.5 Å². The van der Waals surface area contributed by atoms with Gasteiger partial charge in [0.05, 0.1) is 11.0 Å². The van der Waals surface area contributed by atoms with Gasteiger partial charge in [0.2, 0.25) is 0 Å². The summed E-state index contributed by atoms with van der Waals surface area (Å²) in [5, 5.41) is 23.0. The second kappa shape index (κ2) is 8.50. The number of nitrogens with zero attached hydrogens (tertiary/aromatic N) is 2. The van der Waals surface area contributed by atoms with E-state index >= 15 is 0 Å². The van der Waals surface area contributed by atoms with Crippen molar-refractivity contribution in [1.29, 1.82) is 5.26 Å². The summed E-state index contributed by atoms with van der Waals surface area (Å²) in [5.74, 6) is 0.233. The van der Waals surface area contributed by atoms with Crippen molar-refractivity contribution in [3.05, 3.63) is 57.3 Å². The Bertz CT molecular complexity index is 964. The van der Waals surface area contributed by atoms with Gasteiger partial charge in [-0.2, -0.15) is 5.26 Å². The molecule has 1 fully saturated rings. The molecule has 28 heavy (non-hydrogen) atoms. The van der Waals surface area contributed by atoms with Crippen molar-refractivity contribution in [3.8, 4) is 17.4 Å². The number of nitro benzene ring substituents is 1. The number of benzene rings is 1. The minimum atomic E-state index is -0.498. The van der Waals surface area contributed by atoms with Crippen LogP contribution in [0.25, 0.3) is 17.4 Å². The van der Waals surface area contributed by atoms with Crippen molar-refractivity contribution in [2.24, 2.45) is 0 Å². The van der Waals surface area contributed by atoms with Crippen LogP contribution in [0, 0.1) is 28.4 Å². The van der Waals surface area contributed by atoms with Gasteiger partial charge in [-0.25, -0.2) is 0 Å². The van der Waals surface area contributed by atoms with Crippen LogP contribution in [0.1, 0.15) is 24.2 Å². The van der Waals surface area contributed by atoms with Crippen molar-refractivity contribution in [2.75, 3.05) is 13.2 Å². The van der Waals surface area contributed by atoms with E-state index in [1.165, 1.54) is 18.2 Å². The lowest BCUT2D eigenvalue weighted by Crippen LogP contribution is -2.32. The highest BCUT2D eigenvalue weighted by Crippen LogP contribution is 2.29. The number of amides is 1. The first kappa shape index (κ1) is 19.3. The Balaban J connectivity index is 1.76. The van der Waals surface area contributed by atoms with Gasteiger partial charge in [-0.3, -0.25) is 14.9 Å². The van der Waals surface area contributed by atoms with Gasteiger partial charge >= 0.3 is 0 Å². The minimum Gasteiger partial charge on any atom is -0.457 e. The van der Waals surface area contributed by atoms with E-state index in [-0.39, 0.29) is 17.4 Å². The molecule has 1 amide bonds. The van der Waals surface area contributed by atoms with Crippen LogP contribution < -0.4 is 5.32 Å². The Hall–Kier alpha value is -3.44. The highest BCUT2D eigenvalue weighted by atomic mass is 16.6. The van der Waals surface area contributed by atoms with E-state index in [0.717, 1.165) is 18.4 Å². The first-order chi connectivity index (χ1) is 13.5. The summed E-state index contributed by atoms with van der Waals surface area (Å²) in [4.78, 5) is 22.7. The number of nitro groups is 1. The lowest BCUT2D eigenvalue weighted by atomic mass is 10.1. The number of non-ortho nitro benzene ring substituents is 1. The fraction of sp³-hybridized carbons (Fsp3) is 0.300. The summed E-state index contributed by atoms with van der Waals surface area (Å²) in [6, 6.07) is 9.63. The number of nitrogens with one attached hydrogen (secondary N) is 1. The number of ether oxygens (including phenoxy) is 1. The van der Waals surface area contributed by atoms with Crippen molar-refractivity contribution < 1.29 is 18.9 Å². The molecule has 1 atom stereocenters. The third kappa shape index (κ3) is 4.45. The monoisotopic (exact) mass is 381 g/mol. The number of nitriles is 1. The maximum absolute atomic E-state index is 12.2. The first-order valence-electron chi connectivity index (χ1n) is 8.85. The Morgan fingerprint density at radius 2 is 2.25 bits per heavy atom. The van der Waals surface area contributed by atoms with Crippen molar-refractivity contribution in [1.82, 2.24) is 5.32 Å². The Morgan fingerprint density at radius 1 is 1.43 bits per heavy atom. The fourth-order valence-electron chi connectivity index (χ4n) is 2.96. The lowest BCUT2D eigenvalue weighted by molar-refractivity contribution is -0.384. The maximum Gasteiger partial charge on any atom is 0.270 e. The summed E-state index contributed by atoms with van der Waals surface area (Å²) in [6.45, 7) is 2.86. The van der Waals surface area contributed by atoms with E-state index in [9.17, 15) is 20.2 Å². The number of carbonyl (C=O) groups excluding carboxylic acids is 1. The lowest BCUT2D eigenvalue weighted by Gasteiger charge is -2.09. The molecule has 144 valence electrons. The molecule has 0 spiro atoms. The average Bonchev–Trinajstić information content (AvgIpc) is 3.36. The second-order valence-corrected chi connectivity index (χ2v) is 6.47. The zero-order chi connectivity index (χ0) is 20.1. The van der Waals surface area contributed by atoms with Crippen LogP contribution in [-0.2, 0) is 9.53 Å². The van der Waals surface area contributed by atoms with Crippen LogP contribution in [0.5, 0.6) is 0 Å². The highest BCUT2D eigenvalue weighted by molar-refractivity contribution is 6.01. The second-order valence-electron chi connectivity index (χ2n) is 6.47. The quantitative estimate of drug-likeness (QED) is 0.355. The van der Waals surface area contributed by atoms with Crippen molar-refractivity contribution in [3.63, 3.8) is 0 Å². The van der Waals surface area contributed by atoms with E-state index in [1.807, 2.05) is 13.0 Å². The predicted molar refractivity (Wildman–Crippen MR) is 101 cm³/mol. The van der Waals surface area contributed by atoms with Crippen molar-refractivity contribution in [2.45, 2.75) is 25.9 Å². The molecule has 1 aliphatic rings. The van der Waals surface area contributed by atoms with Gasteiger partial charge < -0.3 is 14.5 Å². The SMILES string of the molecule is Cc1ccc([N+](=O)[O-])cc1-c1ccc(/C=C(\C#N)C(=O)NC[C@@H]2CCCO2)o1. The maximum atomic E-state index is 12.2.